The Hall–Kier alpha value is -3.09. The zero-order valence-corrected chi connectivity index (χ0v) is 17.0. The largest absolute Gasteiger partial charge is 0.368 e. The summed E-state index contributed by atoms with van der Waals surface area (Å²) >= 11 is 0. The molecule has 2 aromatic carbocycles. The fraction of sp³-hybridized carbons (Fsp3) is 0.364. The number of guanidine groups is 1. The molecule has 1 aliphatic rings. The van der Waals surface area contributed by atoms with Gasteiger partial charge in [-0.2, -0.15) is 0 Å². The maximum atomic E-state index is 13.1. The van der Waals surface area contributed by atoms with E-state index in [9.17, 15) is 9.18 Å². The molecule has 0 unspecified atom stereocenters. The number of anilines is 1. The van der Waals surface area contributed by atoms with Crippen LogP contribution in [-0.4, -0.2) is 56.5 Å². The van der Waals surface area contributed by atoms with Crippen molar-refractivity contribution >= 4 is 17.6 Å². The van der Waals surface area contributed by atoms with E-state index in [0.717, 1.165) is 49.9 Å². The van der Waals surface area contributed by atoms with Crippen LogP contribution in [0.5, 0.6) is 0 Å². The number of piperazine rings is 1. The van der Waals surface area contributed by atoms with Gasteiger partial charge in [0, 0.05) is 51.0 Å². The Kier molecular flexibility index (Phi) is 7.05. The minimum Gasteiger partial charge on any atom is -0.368 e. The van der Waals surface area contributed by atoms with Gasteiger partial charge in [0.15, 0.2) is 5.96 Å². The summed E-state index contributed by atoms with van der Waals surface area (Å²) in [5.74, 6) is 0.561. The normalized spacial score (nSPS) is 14.7. The smallest absolute Gasteiger partial charge is 0.251 e. The molecule has 2 aromatic rings. The van der Waals surface area contributed by atoms with E-state index in [1.54, 1.807) is 13.1 Å². The molecule has 1 fully saturated rings. The van der Waals surface area contributed by atoms with Crippen molar-refractivity contribution in [3.05, 3.63) is 65.5 Å². The molecule has 0 aliphatic carbocycles. The number of aliphatic imine (C=N–C) groups is 1. The summed E-state index contributed by atoms with van der Waals surface area (Å²) in [6.45, 7) is 6.71. The lowest BCUT2D eigenvalue weighted by Gasteiger charge is -2.37. The summed E-state index contributed by atoms with van der Waals surface area (Å²) in [7, 11) is 1.63. The number of nitrogens with one attached hydrogen (secondary N) is 2. The molecule has 7 heteroatoms. The van der Waals surface area contributed by atoms with Crippen molar-refractivity contribution in [2.75, 3.05) is 44.7 Å². The standard InChI is InChI=1S/C22H28FN5O/c1-3-25-22(26-16-17-5-4-6-18(15-17)21(29)24-2)28-13-11-27(12-14-28)20-9-7-19(23)8-10-20/h4-10,15H,3,11-14,16H2,1-2H3,(H,24,29)(H,25,26). The van der Waals surface area contributed by atoms with Gasteiger partial charge in [-0.25, -0.2) is 9.38 Å². The van der Waals surface area contributed by atoms with Gasteiger partial charge in [-0.05, 0) is 48.9 Å². The van der Waals surface area contributed by atoms with E-state index in [2.05, 4.69) is 27.4 Å². The molecular formula is C22H28FN5O. The Morgan fingerprint density at radius 1 is 1.10 bits per heavy atom. The van der Waals surface area contributed by atoms with E-state index in [4.69, 9.17) is 4.99 Å². The van der Waals surface area contributed by atoms with Gasteiger partial charge in [0.25, 0.3) is 5.91 Å². The number of amides is 1. The highest BCUT2D eigenvalue weighted by molar-refractivity contribution is 5.94. The number of hydrogen-bond donors (Lipinski definition) is 2. The predicted octanol–water partition coefficient (Wildman–Crippen LogP) is 2.47. The lowest BCUT2D eigenvalue weighted by atomic mass is 10.1. The molecule has 0 bridgehead atoms. The van der Waals surface area contributed by atoms with E-state index in [1.165, 1.54) is 12.1 Å². The van der Waals surface area contributed by atoms with Crippen LogP contribution in [0.15, 0.2) is 53.5 Å². The average Bonchev–Trinajstić information content (AvgIpc) is 2.77. The molecular weight excluding hydrogens is 369 g/mol. The lowest BCUT2D eigenvalue weighted by molar-refractivity contribution is 0.0963. The highest BCUT2D eigenvalue weighted by Crippen LogP contribution is 2.17. The molecule has 1 aliphatic heterocycles. The van der Waals surface area contributed by atoms with Crippen molar-refractivity contribution in [2.45, 2.75) is 13.5 Å². The molecule has 1 saturated heterocycles. The first kappa shape index (κ1) is 20.6. The lowest BCUT2D eigenvalue weighted by Crippen LogP contribution is -2.52. The summed E-state index contributed by atoms with van der Waals surface area (Å²) in [6, 6.07) is 14.2. The summed E-state index contributed by atoms with van der Waals surface area (Å²) < 4.78 is 13.1. The third-order valence-corrected chi connectivity index (χ3v) is 4.93. The Morgan fingerprint density at radius 2 is 1.83 bits per heavy atom. The molecule has 1 amide bonds. The second-order valence-electron chi connectivity index (χ2n) is 6.90. The van der Waals surface area contributed by atoms with Gasteiger partial charge in [-0.15, -0.1) is 0 Å². The van der Waals surface area contributed by atoms with Crippen LogP contribution in [-0.2, 0) is 6.54 Å². The maximum Gasteiger partial charge on any atom is 0.251 e. The van der Waals surface area contributed by atoms with E-state index in [1.807, 2.05) is 30.3 Å². The fourth-order valence-electron chi connectivity index (χ4n) is 3.38. The number of nitrogens with zero attached hydrogens (tertiary/aromatic N) is 3. The van der Waals surface area contributed by atoms with E-state index >= 15 is 0 Å². The van der Waals surface area contributed by atoms with Crippen molar-refractivity contribution < 1.29 is 9.18 Å². The third-order valence-electron chi connectivity index (χ3n) is 4.93. The van der Waals surface area contributed by atoms with Crippen molar-refractivity contribution in [1.82, 2.24) is 15.5 Å². The van der Waals surface area contributed by atoms with E-state index < -0.39 is 0 Å². The number of rotatable bonds is 5. The Bertz CT molecular complexity index is 845. The minimum atomic E-state index is -0.213. The molecule has 0 spiro atoms. The molecule has 0 radical (unpaired) electrons. The molecule has 0 aromatic heterocycles. The van der Waals surface area contributed by atoms with Crippen molar-refractivity contribution in [2.24, 2.45) is 4.99 Å². The average molecular weight is 397 g/mol. The van der Waals surface area contributed by atoms with Gasteiger partial charge in [0.1, 0.15) is 5.82 Å². The monoisotopic (exact) mass is 397 g/mol. The van der Waals surface area contributed by atoms with Crippen molar-refractivity contribution in [3.8, 4) is 0 Å². The minimum absolute atomic E-state index is 0.0975. The maximum absolute atomic E-state index is 13.1. The van der Waals surface area contributed by atoms with Gasteiger partial charge in [-0.1, -0.05) is 12.1 Å². The summed E-state index contributed by atoms with van der Waals surface area (Å²) in [5.41, 5.74) is 2.67. The van der Waals surface area contributed by atoms with Gasteiger partial charge >= 0.3 is 0 Å². The SMILES string of the molecule is CCNC(=NCc1cccc(C(=O)NC)c1)N1CCN(c2ccc(F)cc2)CC1. The van der Waals surface area contributed by atoms with E-state index in [-0.39, 0.29) is 11.7 Å². The van der Waals surface area contributed by atoms with Crippen molar-refractivity contribution in [1.29, 1.82) is 0 Å². The molecule has 3 rings (SSSR count). The fourth-order valence-corrected chi connectivity index (χ4v) is 3.38. The second-order valence-corrected chi connectivity index (χ2v) is 6.90. The van der Waals surface area contributed by atoms with Crippen LogP contribution >= 0.6 is 0 Å². The second kappa shape index (κ2) is 9.91. The van der Waals surface area contributed by atoms with Gasteiger partial charge in [-0.3, -0.25) is 4.79 Å². The van der Waals surface area contributed by atoms with Crippen LogP contribution in [0.4, 0.5) is 10.1 Å². The van der Waals surface area contributed by atoms with Crippen LogP contribution in [0, 0.1) is 5.82 Å². The van der Waals surface area contributed by atoms with Crippen LogP contribution in [0.2, 0.25) is 0 Å². The number of carbonyl (C=O) groups excluding carboxylic acids is 1. The molecule has 29 heavy (non-hydrogen) atoms. The molecule has 154 valence electrons. The van der Waals surface area contributed by atoms with Gasteiger partial charge in [0.2, 0.25) is 0 Å². The van der Waals surface area contributed by atoms with Crippen LogP contribution in [0.3, 0.4) is 0 Å². The topological polar surface area (TPSA) is 60.0 Å². The van der Waals surface area contributed by atoms with Crippen LogP contribution in [0.25, 0.3) is 0 Å². The summed E-state index contributed by atoms with van der Waals surface area (Å²) in [5, 5.41) is 6.01. The number of benzene rings is 2. The van der Waals surface area contributed by atoms with Crippen LogP contribution in [0.1, 0.15) is 22.8 Å². The zero-order chi connectivity index (χ0) is 20.6. The first-order chi connectivity index (χ1) is 14.1. The van der Waals surface area contributed by atoms with Gasteiger partial charge < -0.3 is 20.4 Å². The number of hydrogen-bond acceptors (Lipinski definition) is 3. The van der Waals surface area contributed by atoms with E-state index in [0.29, 0.717) is 12.1 Å². The van der Waals surface area contributed by atoms with Crippen LogP contribution < -0.4 is 15.5 Å². The first-order valence-electron chi connectivity index (χ1n) is 9.95. The molecule has 0 saturated carbocycles. The predicted molar refractivity (Wildman–Crippen MR) is 115 cm³/mol. The third kappa shape index (κ3) is 5.47. The quantitative estimate of drug-likeness (QED) is 0.601. The van der Waals surface area contributed by atoms with Gasteiger partial charge in [0.05, 0.1) is 6.54 Å². The Balaban J connectivity index is 1.64. The molecule has 2 N–H and O–H groups in total. The summed E-state index contributed by atoms with van der Waals surface area (Å²) in [4.78, 5) is 21.1. The Morgan fingerprint density at radius 3 is 2.48 bits per heavy atom. The van der Waals surface area contributed by atoms with Crippen molar-refractivity contribution in [3.63, 3.8) is 0 Å². The highest BCUT2D eigenvalue weighted by atomic mass is 19.1. The summed E-state index contributed by atoms with van der Waals surface area (Å²) in [6.07, 6.45) is 0. The number of halogens is 1. The first-order valence-corrected chi connectivity index (χ1v) is 9.95. The highest BCUT2D eigenvalue weighted by Gasteiger charge is 2.20. The molecule has 0 atom stereocenters. The zero-order valence-electron chi connectivity index (χ0n) is 17.0. The molecule has 6 nitrogen and oxygen atoms in total. The number of carbonyl (C=O) groups is 1. The Labute approximate surface area is 171 Å². The molecule has 1 heterocycles.